The number of carbonyl (C=O) groups excluding carboxylic acids is 2. The first-order valence-electron chi connectivity index (χ1n) is 8.75. The Morgan fingerprint density at radius 2 is 1.85 bits per heavy atom. The van der Waals surface area contributed by atoms with Crippen molar-refractivity contribution in [3.8, 4) is 0 Å². The maximum Gasteiger partial charge on any atom is 0.253 e. The summed E-state index contributed by atoms with van der Waals surface area (Å²) in [6.07, 6.45) is 5.25. The lowest BCUT2D eigenvalue weighted by Crippen LogP contribution is -2.32. The van der Waals surface area contributed by atoms with E-state index in [1.165, 1.54) is 6.08 Å². The van der Waals surface area contributed by atoms with Crippen LogP contribution < -0.4 is 10.6 Å². The van der Waals surface area contributed by atoms with Crippen LogP contribution in [0.5, 0.6) is 0 Å². The van der Waals surface area contributed by atoms with Gasteiger partial charge < -0.3 is 15.4 Å². The van der Waals surface area contributed by atoms with Crippen molar-refractivity contribution in [3.63, 3.8) is 0 Å². The zero-order chi connectivity index (χ0) is 18.2. The number of carbonyl (C=O) groups is 2. The molecule has 134 valence electrons. The Morgan fingerprint density at radius 1 is 1.08 bits per heavy atom. The minimum absolute atomic E-state index is 0.0782. The molecule has 1 atom stereocenters. The second-order valence-corrected chi connectivity index (χ2v) is 6.12. The van der Waals surface area contributed by atoms with Crippen LogP contribution in [0.4, 0.5) is 5.69 Å². The van der Waals surface area contributed by atoms with E-state index in [4.69, 9.17) is 4.74 Å². The van der Waals surface area contributed by atoms with Gasteiger partial charge in [-0.1, -0.05) is 42.5 Å². The fourth-order valence-electron chi connectivity index (χ4n) is 2.81. The first kappa shape index (κ1) is 17.9. The molecule has 2 N–H and O–H groups in total. The summed E-state index contributed by atoms with van der Waals surface area (Å²) in [6, 6.07) is 16.5. The lowest BCUT2D eigenvalue weighted by Gasteiger charge is -2.13. The molecule has 2 aromatic carbocycles. The Morgan fingerprint density at radius 3 is 2.62 bits per heavy atom. The van der Waals surface area contributed by atoms with Gasteiger partial charge in [0.05, 0.1) is 17.4 Å². The van der Waals surface area contributed by atoms with Crippen LogP contribution in [0.25, 0.3) is 6.08 Å². The predicted octanol–water partition coefficient (Wildman–Crippen LogP) is 3.25. The molecule has 5 nitrogen and oxygen atoms in total. The van der Waals surface area contributed by atoms with E-state index in [-0.39, 0.29) is 17.9 Å². The van der Waals surface area contributed by atoms with Crippen LogP contribution in [0, 0.1) is 0 Å². The summed E-state index contributed by atoms with van der Waals surface area (Å²) in [5.41, 5.74) is 1.86. The van der Waals surface area contributed by atoms with Crippen LogP contribution in [0.15, 0.2) is 60.7 Å². The molecule has 2 amide bonds. The molecule has 1 aliphatic heterocycles. The van der Waals surface area contributed by atoms with Crippen molar-refractivity contribution in [2.24, 2.45) is 0 Å². The van der Waals surface area contributed by atoms with Crippen molar-refractivity contribution in [1.29, 1.82) is 0 Å². The maximum absolute atomic E-state index is 12.4. The molecule has 3 rings (SSSR count). The molecule has 0 aromatic heterocycles. The highest BCUT2D eigenvalue weighted by Gasteiger charge is 2.18. The molecule has 0 spiro atoms. The Labute approximate surface area is 153 Å². The molecule has 0 unspecified atom stereocenters. The van der Waals surface area contributed by atoms with Crippen molar-refractivity contribution in [1.82, 2.24) is 5.32 Å². The number of rotatable bonds is 6. The average molecular weight is 350 g/mol. The van der Waals surface area contributed by atoms with E-state index in [2.05, 4.69) is 10.6 Å². The number of benzene rings is 2. The molecular formula is C21H22N2O3. The third kappa shape index (κ3) is 5.04. The van der Waals surface area contributed by atoms with Gasteiger partial charge in [0.15, 0.2) is 0 Å². The molecule has 0 aliphatic carbocycles. The van der Waals surface area contributed by atoms with Crippen molar-refractivity contribution in [2.75, 3.05) is 18.5 Å². The number of ether oxygens (including phenoxy) is 1. The molecule has 5 heteroatoms. The largest absolute Gasteiger partial charge is 0.376 e. The van der Waals surface area contributed by atoms with E-state index in [0.717, 1.165) is 25.0 Å². The summed E-state index contributed by atoms with van der Waals surface area (Å²) in [4.78, 5) is 24.6. The Balaban J connectivity index is 1.61. The minimum atomic E-state index is -0.284. The number of para-hydroxylation sites is 1. The quantitative estimate of drug-likeness (QED) is 0.786. The topological polar surface area (TPSA) is 67.4 Å². The van der Waals surface area contributed by atoms with Gasteiger partial charge in [0.2, 0.25) is 5.91 Å². The first-order chi connectivity index (χ1) is 12.7. The van der Waals surface area contributed by atoms with E-state index in [0.29, 0.717) is 17.8 Å². The Hall–Kier alpha value is -2.92. The monoisotopic (exact) mass is 350 g/mol. The third-order valence-corrected chi connectivity index (χ3v) is 4.17. The molecule has 1 fully saturated rings. The van der Waals surface area contributed by atoms with Gasteiger partial charge in [-0.25, -0.2) is 0 Å². The highest BCUT2D eigenvalue weighted by atomic mass is 16.5. The fraction of sp³-hybridized carbons (Fsp3) is 0.238. The molecule has 0 bridgehead atoms. The van der Waals surface area contributed by atoms with Gasteiger partial charge in [0.25, 0.3) is 5.91 Å². The van der Waals surface area contributed by atoms with E-state index in [1.807, 2.05) is 30.3 Å². The minimum Gasteiger partial charge on any atom is -0.376 e. The summed E-state index contributed by atoms with van der Waals surface area (Å²) in [5.74, 6) is -0.503. The normalized spacial score (nSPS) is 16.5. The Kier molecular flexibility index (Phi) is 6.17. The average Bonchev–Trinajstić information content (AvgIpc) is 3.19. The van der Waals surface area contributed by atoms with Crippen molar-refractivity contribution < 1.29 is 14.3 Å². The van der Waals surface area contributed by atoms with Crippen LogP contribution >= 0.6 is 0 Å². The standard InChI is InChI=1S/C21H22N2O3/c24-20(13-12-16-7-2-1-3-8-16)23-19-11-5-4-10-18(19)21(25)22-15-17-9-6-14-26-17/h1-5,7-8,10-13,17H,6,9,14-15H2,(H,22,25)(H,23,24)/b13-12+/t17-/m0/s1. The van der Waals surface area contributed by atoms with Crippen LogP contribution in [0.2, 0.25) is 0 Å². The number of hydrogen-bond donors (Lipinski definition) is 2. The van der Waals surface area contributed by atoms with Crippen LogP contribution in [-0.2, 0) is 9.53 Å². The fourth-order valence-corrected chi connectivity index (χ4v) is 2.81. The van der Waals surface area contributed by atoms with Crippen molar-refractivity contribution in [2.45, 2.75) is 18.9 Å². The van der Waals surface area contributed by atoms with E-state index in [1.54, 1.807) is 30.3 Å². The molecule has 0 saturated carbocycles. The van der Waals surface area contributed by atoms with Crippen LogP contribution in [0.3, 0.4) is 0 Å². The smallest absolute Gasteiger partial charge is 0.253 e. The van der Waals surface area contributed by atoms with Crippen LogP contribution in [0.1, 0.15) is 28.8 Å². The molecule has 1 saturated heterocycles. The molecule has 2 aromatic rings. The summed E-state index contributed by atoms with van der Waals surface area (Å²) in [6.45, 7) is 1.23. The lowest BCUT2D eigenvalue weighted by atomic mass is 10.1. The van der Waals surface area contributed by atoms with E-state index >= 15 is 0 Å². The molecule has 1 heterocycles. The van der Waals surface area contributed by atoms with Gasteiger partial charge in [0, 0.05) is 19.2 Å². The lowest BCUT2D eigenvalue weighted by molar-refractivity contribution is -0.111. The SMILES string of the molecule is O=C(/C=C/c1ccccc1)Nc1ccccc1C(=O)NC[C@@H]1CCCO1. The zero-order valence-electron chi connectivity index (χ0n) is 14.5. The van der Waals surface area contributed by atoms with Gasteiger partial charge in [-0.3, -0.25) is 9.59 Å². The predicted molar refractivity (Wildman–Crippen MR) is 102 cm³/mol. The van der Waals surface area contributed by atoms with E-state index < -0.39 is 0 Å². The van der Waals surface area contributed by atoms with Crippen molar-refractivity contribution >= 4 is 23.6 Å². The summed E-state index contributed by atoms with van der Waals surface area (Å²) in [5, 5.41) is 5.65. The summed E-state index contributed by atoms with van der Waals surface area (Å²) >= 11 is 0. The first-order valence-corrected chi connectivity index (χ1v) is 8.75. The van der Waals surface area contributed by atoms with Gasteiger partial charge in [-0.15, -0.1) is 0 Å². The van der Waals surface area contributed by atoms with Crippen LogP contribution in [-0.4, -0.2) is 31.1 Å². The number of amides is 2. The van der Waals surface area contributed by atoms with Gasteiger partial charge in [-0.2, -0.15) is 0 Å². The number of hydrogen-bond acceptors (Lipinski definition) is 3. The van der Waals surface area contributed by atoms with E-state index in [9.17, 15) is 9.59 Å². The molecule has 26 heavy (non-hydrogen) atoms. The summed E-state index contributed by atoms with van der Waals surface area (Å²) < 4.78 is 5.51. The molecular weight excluding hydrogens is 328 g/mol. The highest BCUT2D eigenvalue weighted by molar-refractivity contribution is 6.07. The second-order valence-electron chi connectivity index (χ2n) is 6.12. The maximum atomic E-state index is 12.4. The Bertz CT molecular complexity index is 781. The zero-order valence-corrected chi connectivity index (χ0v) is 14.5. The highest BCUT2D eigenvalue weighted by Crippen LogP contribution is 2.16. The number of nitrogens with one attached hydrogen (secondary N) is 2. The van der Waals surface area contributed by atoms with Gasteiger partial charge in [0.1, 0.15) is 0 Å². The molecule has 1 aliphatic rings. The van der Waals surface area contributed by atoms with Gasteiger partial charge in [-0.05, 0) is 36.6 Å². The number of anilines is 1. The summed E-state index contributed by atoms with van der Waals surface area (Å²) in [7, 11) is 0. The second kappa shape index (κ2) is 8.97. The van der Waals surface area contributed by atoms with Gasteiger partial charge >= 0.3 is 0 Å². The molecule has 0 radical (unpaired) electrons. The van der Waals surface area contributed by atoms with Crippen molar-refractivity contribution in [3.05, 3.63) is 71.8 Å². The third-order valence-electron chi connectivity index (χ3n) is 4.17.